The molecule has 4 nitrogen and oxygen atoms in total. The van der Waals surface area contributed by atoms with Gasteiger partial charge in [0.1, 0.15) is 5.75 Å². The van der Waals surface area contributed by atoms with E-state index in [9.17, 15) is 13.2 Å². The van der Waals surface area contributed by atoms with Crippen LogP contribution in [-0.2, 0) is 20.4 Å². The molecule has 0 aliphatic heterocycles. The van der Waals surface area contributed by atoms with E-state index in [0.717, 1.165) is 22.3 Å². The number of rotatable bonds is 6. The second-order valence-corrected chi connectivity index (χ2v) is 9.17. The first-order valence-corrected chi connectivity index (χ1v) is 10.6. The zero-order chi connectivity index (χ0) is 19.5. The van der Waals surface area contributed by atoms with Crippen molar-refractivity contribution in [3.05, 3.63) is 64.7 Å². The zero-order valence-corrected chi connectivity index (χ0v) is 16.9. The highest BCUT2D eigenvalue weighted by Gasteiger charge is 2.26. The Kier molecular flexibility index (Phi) is 6.24. The lowest BCUT2D eigenvalue weighted by Gasteiger charge is -2.27. The molecule has 26 heavy (non-hydrogen) atoms. The summed E-state index contributed by atoms with van der Waals surface area (Å²) >= 11 is 0. The van der Waals surface area contributed by atoms with Crippen LogP contribution < -0.4 is 4.90 Å². The lowest BCUT2D eigenvalue weighted by molar-refractivity contribution is -0.116. The Bertz CT molecular complexity index is 864. The van der Waals surface area contributed by atoms with Gasteiger partial charge in [0.2, 0.25) is 5.91 Å². The molecule has 1 amide bonds. The summed E-state index contributed by atoms with van der Waals surface area (Å²) in [5, 5.41) is 0. The molecule has 0 bridgehead atoms. The van der Waals surface area contributed by atoms with Crippen molar-refractivity contribution in [2.24, 2.45) is 0 Å². The Morgan fingerprint density at radius 3 is 2.04 bits per heavy atom. The molecule has 5 heteroatoms. The van der Waals surface area contributed by atoms with Gasteiger partial charge in [-0.05, 0) is 63.4 Å². The van der Waals surface area contributed by atoms with Crippen LogP contribution in [0.3, 0.4) is 0 Å². The van der Waals surface area contributed by atoms with Gasteiger partial charge >= 0.3 is 0 Å². The number of benzene rings is 2. The van der Waals surface area contributed by atoms with Crippen molar-refractivity contribution in [2.45, 2.75) is 46.4 Å². The van der Waals surface area contributed by atoms with E-state index in [1.54, 1.807) is 4.90 Å². The first kappa shape index (κ1) is 20.2. The van der Waals surface area contributed by atoms with Crippen LogP contribution >= 0.6 is 0 Å². The average Bonchev–Trinajstić information content (AvgIpc) is 2.51. The lowest BCUT2D eigenvalue weighted by Crippen LogP contribution is -2.41. The average molecular weight is 374 g/mol. The summed E-state index contributed by atoms with van der Waals surface area (Å²) < 4.78 is 25.4. The van der Waals surface area contributed by atoms with Crippen LogP contribution in [0.25, 0.3) is 0 Å². The fourth-order valence-electron chi connectivity index (χ4n) is 3.28. The van der Waals surface area contributed by atoms with Crippen molar-refractivity contribution >= 4 is 21.4 Å². The summed E-state index contributed by atoms with van der Waals surface area (Å²) in [4.78, 5) is 14.3. The van der Waals surface area contributed by atoms with Gasteiger partial charge in [-0.3, -0.25) is 4.79 Å². The maximum Gasteiger partial charge on any atom is 0.242 e. The van der Waals surface area contributed by atoms with Gasteiger partial charge in [-0.15, -0.1) is 0 Å². The predicted molar refractivity (Wildman–Crippen MR) is 107 cm³/mol. The summed E-state index contributed by atoms with van der Waals surface area (Å²) in [6.45, 7) is 9.58. The number of hydrogen-bond donors (Lipinski definition) is 0. The number of carbonyl (C=O) groups excluding carboxylic acids is 1. The molecular formula is C21H27NO3S. The Labute approximate surface area is 156 Å². The van der Waals surface area contributed by atoms with Crippen LogP contribution in [0.2, 0.25) is 0 Å². The highest BCUT2D eigenvalue weighted by molar-refractivity contribution is 7.91. The minimum atomic E-state index is -3.57. The quantitative estimate of drug-likeness (QED) is 0.770. The molecule has 0 aliphatic rings. The van der Waals surface area contributed by atoms with E-state index in [4.69, 9.17) is 0 Å². The zero-order valence-electron chi connectivity index (χ0n) is 16.1. The maximum atomic E-state index is 12.8. The number of anilines is 1. The number of hydrogen-bond acceptors (Lipinski definition) is 3. The molecule has 0 saturated carbocycles. The minimum absolute atomic E-state index is 0.114. The number of sulfone groups is 1. The highest BCUT2D eigenvalue weighted by atomic mass is 32.2. The monoisotopic (exact) mass is 373 g/mol. The first-order valence-electron chi connectivity index (χ1n) is 8.75. The van der Waals surface area contributed by atoms with Crippen molar-refractivity contribution in [3.63, 3.8) is 0 Å². The molecule has 2 aromatic rings. The molecule has 0 spiro atoms. The van der Waals surface area contributed by atoms with E-state index < -0.39 is 21.5 Å². The van der Waals surface area contributed by atoms with Crippen LogP contribution in [0.15, 0.2) is 42.5 Å². The first-order chi connectivity index (χ1) is 12.1. The minimum Gasteiger partial charge on any atom is -0.309 e. The van der Waals surface area contributed by atoms with Crippen LogP contribution in [-0.4, -0.2) is 26.1 Å². The molecule has 0 N–H and O–H groups in total. The fourth-order valence-corrected chi connectivity index (χ4v) is 4.80. The van der Waals surface area contributed by atoms with Gasteiger partial charge in [0.15, 0.2) is 9.84 Å². The second kappa shape index (κ2) is 8.04. The SMILES string of the molecule is Cc1cc(C)c(CS(=O)(=O)CC(=O)N(c2ccccc2)C(C)C)c(C)c1. The second-order valence-electron chi connectivity index (χ2n) is 7.10. The van der Waals surface area contributed by atoms with Crippen molar-refractivity contribution in [1.82, 2.24) is 0 Å². The van der Waals surface area contributed by atoms with Crippen LogP contribution in [0.4, 0.5) is 5.69 Å². The third kappa shape index (κ3) is 4.94. The van der Waals surface area contributed by atoms with Gasteiger partial charge in [-0.25, -0.2) is 8.42 Å². The van der Waals surface area contributed by atoms with Crippen LogP contribution in [0.1, 0.15) is 36.1 Å². The summed E-state index contributed by atoms with van der Waals surface area (Å²) in [5.74, 6) is -1.00. The highest BCUT2D eigenvalue weighted by Crippen LogP contribution is 2.21. The van der Waals surface area contributed by atoms with E-state index in [-0.39, 0.29) is 11.8 Å². The molecule has 2 aromatic carbocycles. The van der Waals surface area contributed by atoms with Gasteiger partial charge in [0.25, 0.3) is 0 Å². The third-order valence-electron chi connectivity index (χ3n) is 4.37. The smallest absolute Gasteiger partial charge is 0.242 e. The summed E-state index contributed by atoms with van der Waals surface area (Å²) in [6.07, 6.45) is 0. The molecule has 0 aromatic heterocycles. The molecule has 0 saturated heterocycles. The molecule has 0 fully saturated rings. The Morgan fingerprint density at radius 1 is 1.00 bits per heavy atom. The van der Waals surface area contributed by atoms with E-state index in [2.05, 4.69) is 0 Å². The molecule has 0 heterocycles. The van der Waals surface area contributed by atoms with E-state index >= 15 is 0 Å². The van der Waals surface area contributed by atoms with E-state index in [0.29, 0.717) is 5.69 Å². The molecule has 2 rings (SSSR count). The number of carbonyl (C=O) groups is 1. The molecule has 0 aliphatic carbocycles. The van der Waals surface area contributed by atoms with Crippen LogP contribution in [0.5, 0.6) is 0 Å². The molecule has 140 valence electrons. The molecular weight excluding hydrogens is 346 g/mol. The Balaban J connectivity index is 2.24. The lowest BCUT2D eigenvalue weighted by atomic mass is 10.0. The largest absolute Gasteiger partial charge is 0.309 e. The van der Waals surface area contributed by atoms with E-state index in [1.165, 1.54) is 0 Å². The maximum absolute atomic E-state index is 12.8. The molecule has 0 radical (unpaired) electrons. The summed E-state index contributed by atoms with van der Waals surface area (Å²) in [5.41, 5.74) is 4.50. The van der Waals surface area contributed by atoms with Gasteiger partial charge in [-0.1, -0.05) is 35.9 Å². The standard InChI is InChI=1S/C21H27NO3S/c1-15(2)22(19-9-7-6-8-10-19)21(23)14-26(24,25)13-20-17(4)11-16(3)12-18(20)5/h6-12,15H,13-14H2,1-5H3. The fraction of sp³-hybridized carbons (Fsp3) is 0.381. The van der Waals surface area contributed by atoms with Crippen molar-refractivity contribution in [2.75, 3.05) is 10.7 Å². The third-order valence-corrected chi connectivity index (χ3v) is 5.78. The van der Waals surface area contributed by atoms with E-state index in [1.807, 2.05) is 77.1 Å². The Hall–Kier alpha value is -2.14. The van der Waals surface area contributed by atoms with Gasteiger partial charge < -0.3 is 4.90 Å². The van der Waals surface area contributed by atoms with Gasteiger partial charge in [0.05, 0.1) is 5.75 Å². The van der Waals surface area contributed by atoms with Crippen LogP contribution in [0, 0.1) is 20.8 Å². The van der Waals surface area contributed by atoms with Gasteiger partial charge in [0, 0.05) is 11.7 Å². The number of amides is 1. The Morgan fingerprint density at radius 2 is 1.54 bits per heavy atom. The summed E-state index contributed by atoms with van der Waals surface area (Å²) in [6, 6.07) is 13.0. The van der Waals surface area contributed by atoms with Crippen molar-refractivity contribution in [1.29, 1.82) is 0 Å². The number of nitrogens with zero attached hydrogens (tertiary/aromatic N) is 1. The topological polar surface area (TPSA) is 54.5 Å². The predicted octanol–water partition coefficient (Wildman–Crippen LogP) is 3.97. The number of aryl methyl sites for hydroxylation is 3. The molecule has 0 atom stereocenters. The van der Waals surface area contributed by atoms with Gasteiger partial charge in [-0.2, -0.15) is 0 Å². The van der Waals surface area contributed by atoms with Crippen molar-refractivity contribution in [3.8, 4) is 0 Å². The number of para-hydroxylation sites is 1. The van der Waals surface area contributed by atoms with Crippen molar-refractivity contribution < 1.29 is 13.2 Å². The summed E-state index contributed by atoms with van der Waals surface area (Å²) in [7, 11) is -3.57. The normalized spacial score (nSPS) is 11.6. The molecule has 0 unspecified atom stereocenters.